The summed E-state index contributed by atoms with van der Waals surface area (Å²) in [5.74, 6) is 1.08. The zero-order chi connectivity index (χ0) is 15.6. The van der Waals surface area contributed by atoms with Gasteiger partial charge in [0.05, 0.1) is 0 Å². The van der Waals surface area contributed by atoms with E-state index in [0.717, 1.165) is 18.7 Å². The monoisotopic (exact) mass is 292 g/mol. The molecule has 118 valence electrons. The van der Waals surface area contributed by atoms with Crippen molar-refractivity contribution in [2.75, 3.05) is 18.0 Å². The third-order valence-electron chi connectivity index (χ3n) is 4.95. The molecule has 0 aromatic heterocycles. The number of aryl methyl sites for hydroxylation is 1. The van der Waals surface area contributed by atoms with Crippen LogP contribution in [0.2, 0.25) is 0 Å². The maximum atomic E-state index is 13.4. The lowest BCUT2D eigenvalue weighted by atomic mass is 9.91. The molecule has 1 heterocycles. The minimum atomic E-state index is -0.147. The lowest BCUT2D eigenvalue weighted by Crippen LogP contribution is -2.60. The van der Waals surface area contributed by atoms with Gasteiger partial charge in [0.25, 0.3) is 0 Å². The van der Waals surface area contributed by atoms with Gasteiger partial charge in [-0.2, -0.15) is 0 Å². The predicted molar refractivity (Wildman–Crippen MR) is 88.4 cm³/mol. The first-order valence-electron chi connectivity index (χ1n) is 8.20. The summed E-state index contributed by atoms with van der Waals surface area (Å²) < 4.78 is 13.4. The molecule has 1 aromatic carbocycles. The maximum Gasteiger partial charge on any atom is 0.123 e. The van der Waals surface area contributed by atoms with Crippen molar-refractivity contribution in [1.29, 1.82) is 0 Å². The van der Waals surface area contributed by atoms with Gasteiger partial charge in [0.2, 0.25) is 0 Å². The van der Waals surface area contributed by atoms with Crippen molar-refractivity contribution in [3.8, 4) is 0 Å². The molecule has 3 heteroatoms. The molecule has 3 unspecified atom stereocenters. The Bertz CT molecular complexity index is 472. The van der Waals surface area contributed by atoms with Crippen LogP contribution >= 0.6 is 0 Å². The Morgan fingerprint density at radius 1 is 1.33 bits per heavy atom. The lowest BCUT2D eigenvalue weighted by Gasteiger charge is -2.46. The van der Waals surface area contributed by atoms with Gasteiger partial charge in [-0.05, 0) is 42.5 Å². The van der Waals surface area contributed by atoms with Crippen molar-refractivity contribution in [3.05, 3.63) is 29.6 Å². The summed E-state index contributed by atoms with van der Waals surface area (Å²) in [6.45, 7) is 13.1. The Morgan fingerprint density at radius 2 is 2.05 bits per heavy atom. The van der Waals surface area contributed by atoms with Gasteiger partial charge in [0.1, 0.15) is 5.82 Å². The molecule has 0 saturated carbocycles. The fourth-order valence-corrected chi connectivity index (χ4v) is 3.27. The van der Waals surface area contributed by atoms with Gasteiger partial charge in [-0.15, -0.1) is 0 Å². The Labute approximate surface area is 128 Å². The summed E-state index contributed by atoms with van der Waals surface area (Å²) in [5, 5.41) is 3.72. The molecule has 0 radical (unpaired) electrons. The topological polar surface area (TPSA) is 15.3 Å². The molecule has 1 saturated heterocycles. The summed E-state index contributed by atoms with van der Waals surface area (Å²) >= 11 is 0. The maximum absolute atomic E-state index is 13.4. The zero-order valence-corrected chi connectivity index (χ0v) is 14.0. The molecule has 1 aliphatic rings. The highest BCUT2D eigenvalue weighted by atomic mass is 19.1. The molecule has 2 rings (SSSR count). The number of piperazine rings is 1. The van der Waals surface area contributed by atoms with Crippen LogP contribution in [-0.2, 0) is 0 Å². The Morgan fingerprint density at radius 3 is 2.62 bits per heavy atom. The number of rotatable bonds is 4. The third-order valence-corrected chi connectivity index (χ3v) is 4.95. The second-order valence-corrected chi connectivity index (χ2v) is 6.79. The minimum absolute atomic E-state index is 0.147. The van der Waals surface area contributed by atoms with Crippen LogP contribution in [-0.4, -0.2) is 25.2 Å². The van der Waals surface area contributed by atoms with Crippen molar-refractivity contribution in [1.82, 2.24) is 5.32 Å². The summed E-state index contributed by atoms with van der Waals surface area (Å²) in [6.07, 6.45) is 1.18. The third kappa shape index (κ3) is 3.57. The molecule has 21 heavy (non-hydrogen) atoms. The van der Waals surface area contributed by atoms with E-state index in [4.69, 9.17) is 0 Å². The van der Waals surface area contributed by atoms with Crippen LogP contribution in [0.5, 0.6) is 0 Å². The van der Waals surface area contributed by atoms with Crippen molar-refractivity contribution in [3.63, 3.8) is 0 Å². The number of nitrogens with zero attached hydrogens (tertiary/aromatic N) is 1. The first-order chi connectivity index (χ1) is 9.93. The van der Waals surface area contributed by atoms with E-state index in [1.807, 2.05) is 13.0 Å². The van der Waals surface area contributed by atoms with Crippen LogP contribution in [0.15, 0.2) is 18.2 Å². The van der Waals surface area contributed by atoms with Crippen LogP contribution in [0.4, 0.5) is 10.1 Å². The largest absolute Gasteiger partial charge is 0.365 e. The summed E-state index contributed by atoms with van der Waals surface area (Å²) in [7, 11) is 0. The molecule has 1 fully saturated rings. The number of benzene rings is 1. The molecule has 1 aromatic rings. The van der Waals surface area contributed by atoms with Gasteiger partial charge in [-0.25, -0.2) is 4.39 Å². The van der Waals surface area contributed by atoms with E-state index in [1.54, 1.807) is 12.1 Å². The van der Waals surface area contributed by atoms with Gasteiger partial charge in [0.15, 0.2) is 0 Å². The molecule has 1 aliphatic heterocycles. The van der Waals surface area contributed by atoms with Crippen molar-refractivity contribution >= 4 is 5.69 Å². The Balaban J connectivity index is 2.29. The fraction of sp³-hybridized carbons (Fsp3) is 0.667. The highest BCUT2D eigenvalue weighted by molar-refractivity contribution is 5.55. The first-order valence-corrected chi connectivity index (χ1v) is 8.20. The highest BCUT2D eigenvalue weighted by Crippen LogP contribution is 2.29. The average Bonchev–Trinajstić information content (AvgIpc) is 2.45. The number of anilines is 1. The molecular weight excluding hydrogens is 263 g/mol. The SMILES string of the molecule is CCC(C)C1CN(c2ccc(F)cc2C)C(C(C)C)CN1. The van der Waals surface area contributed by atoms with E-state index < -0.39 is 0 Å². The summed E-state index contributed by atoms with van der Waals surface area (Å²) in [6, 6.07) is 6.15. The van der Waals surface area contributed by atoms with E-state index in [9.17, 15) is 4.39 Å². The Kier molecular flexibility index (Phi) is 5.26. The van der Waals surface area contributed by atoms with Gasteiger partial charge < -0.3 is 10.2 Å². The van der Waals surface area contributed by atoms with E-state index in [-0.39, 0.29) is 5.82 Å². The number of hydrogen-bond donors (Lipinski definition) is 1. The molecule has 1 N–H and O–H groups in total. The molecular formula is C18H29FN2. The van der Waals surface area contributed by atoms with E-state index >= 15 is 0 Å². The second-order valence-electron chi connectivity index (χ2n) is 6.79. The highest BCUT2D eigenvalue weighted by Gasteiger charge is 2.32. The quantitative estimate of drug-likeness (QED) is 0.903. The summed E-state index contributed by atoms with van der Waals surface area (Å²) in [4.78, 5) is 2.49. The van der Waals surface area contributed by atoms with Crippen molar-refractivity contribution in [2.24, 2.45) is 11.8 Å². The average molecular weight is 292 g/mol. The van der Waals surface area contributed by atoms with E-state index in [1.165, 1.54) is 12.1 Å². The van der Waals surface area contributed by atoms with Crippen LogP contribution in [0, 0.1) is 24.6 Å². The molecule has 0 spiro atoms. The number of hydrogen-bond acceptors (Lipinski definition) is 2. The lowest BCUT2D eigenvalue weighted by molar-refractivity contribution is 0.281. The first kappa shape index (κ1) is 16.3. The van der Waals surface area contributed by atoms with Crippen LogP contribution in [0.3, 0.4) is 0 Å². The minimum Gasteiger partial charge on any atom is -0.365 e. The molecule has 2 nitrogen and oxygen atoms in total. The van der Waals surface area contributed by atoms with Crippen LogP contribution in [0.1, 0.15) is 39.7 Å². The number of nitrogens with one attached hydrogen (secondary N) is 1. The molecule has 0 amide bonds. The van der Waals surface area contributed by atoms with Crippen molar-refractivity contribution < 1.29 is 4.39 Å². The molecule has 0 aliphatic carbocycles. The Hall–Kier alpha value is -1.09. The van der Waals surface area contributed by atoms with Crippen LogP contribution < -0.4 is 10.2 Å². The standard InChI is InChI=1S/C18H29FN2/c1-6-13(4)16-11-21(18(10-20-16)12(2)3)17-8-7-15(19)9-14(17)5/h7-9,12-13,16,18,20H,6,10-11H2,1-5H3. The predicted octanol–water partition coefficient (Wildman–Crippen LogP) is 3.98. The van der Waals surface area contributed by atoms with Gasteiger partial charge >= 0.3 is 0 Å². The molecule has 0 bridgehead atoms. The number of halogens is 1. The molecule has 3 atom stereocenters. The zero-order valence-electron chi connectivity index (χ0n) is 14.0. The van der Waals surface area contributed by atoms with Gasteiger partial charge in [-0.3, -0.25) is 0 Å². The van der Waals surface area contributed by atoms with Gasteiger partial charge in [0, 0.05) is 30.9 Å². The van der Waals surface area contributed by atoms with Gasteiger partial charge in [-0.1, -0.05) is 34.1 Å². The van der Waals surface area contributed by atoms with Crippen LogP contribution in [0.25, 0.3) is 0 Å². The summed E-state index contributed by atoms with van der Waals surface area (Å²) in [5.41, 5.74) is 2.22. The van der Waals surface area contributed by atoms with Crippen molar-refractivity contribution in [2.45, 2.75) is 53.1 Å². The normalized spacial score (nSPS) is 24.4. The van der Waals surface area contributed by atoms with E-state index in [2.05, 4.69) is 37.9 Å². The fourth-order valence-electron chi connectivity index (χ4n) is 3.27. The smallest absolute Gasteiger partial charge is 0.123 e. The van der Waals surface area contributed by atoms with E-state index in [0.29, 0.717) is 23.9 Å². The second kappa shape index (κ2) is 6.78.